The molecule has 0 radical (unpaired) electrons. The van der Waals surface area contributed by atoms with E-state index in [4.69, 9.17) is 4.74 Å². The minimum Gasteiger partial charge on any atom is -0.497 e. The maximum absolute atomic E-state index is 13.9. The molecule has 1 amide bonds. The van der Waals surface area contributed by atoms with E-state index < -0.39 is 5.82 Å². The van der Waals surface area contributed by atoms with Crippen LogP contribution in [-0.2, 0) is 6.54 Å². The summed E-state index contributed by atoms with van der Waals surface area (Å²) in [6, 6.07) is 12.1. The summed E-state index contributed by atoms with van der Waals surface area (Å²) in [6.45, 7) is 2.18. The predicted molar refractivity (Wildman–Crippen MR) is 79.9 cm³/mol. The largest absolute Gasteiger partial charge is 0.497 e. The molecule has 0 aromatic heterocycles. The zero-order valence-corrected chi connectivity index (χ0v) is 12.4. The molecule has 110 valence electrons. The van der Waals surface area contributed by atoms with Gasteiger partial charge in [-0.1, -0.05) is 18.2 Å². The maximum atomic E-state index is 13.9. The first-order valence-corrected chi connectivity index (χ1v) is 6.66. The number of hydrogen-bond donors (Lipinski definition) is 0. The Morgan fingerprint density at radius 2 is 2.00 bits per heavy atom. The van der Waals surface area contributed by atoms with Crippen LogP contribution in [0.25, 0.3) is 0 Å². The number of carbonyl (C=O) groups is 1. The molecule has 0 aliphatic carbocycles. The number of rotatable bonds is 4. The Balaban J connectivity index is 2.15. The lowest BCUT2D eigenvalue weighted by Gasteiger charge is -2.18. The molecule has 21 heavy (non-hydrogen) atoms. The number of amides is 1. The van der Waals surface area contributed by atoms with Crippen molar-refractivity contribution >= 4 is 5.91 Å². The highest BCUT2D eigenvalue weighted by Crippen LogP contribution is 2.16. The third-order valence-electron chi connectivity index (χ3n) is 3.26. The van der Waals surface area contributed by atoms with E-state index in [-0.39, 0.29) is 11.5 Å². The summed E-state index contributed by atoms with van der Waals surface area (Å²) in [4.78, 5) is 13.8. The molecule has 4 heteroatoms. The van der Waals surface area contributed by atoms with Crippen LogP contribution in [0.2, 0.25) is 0 Å². The average molecular weight is 287 g/mol. The molecular weight excluding hydrogens is 269 g/mol. The minimum absolute atomic E-state index is 0.0889. The van der Waals surface area contributed by atoms with Gasteiger partial charge in [0.15, 0.2) is 0 Å². The molecule has 2 aromatic rings. The van der Waals surface area contributed by atoms with Gasteiger partial charge in [0.05, 0.1) is 12.7 Å². The highest BCUT2D eigenvalue weighted by molar-refractivity contribution is 5.94. The zero-order chi connectivity index (χ0) is 15.4. The fraction of sp³-hybridized carbons (Fsp3) is 0.235. The second kappa shape index (κ2) is 6.39. The highest BCUT2D eigenvalue weighted by Gasteiger charge is 2.16. The Hall–Kier alpha value is -2.36. The van der Waals surface area contributed by atoms with Crippen LogP contribution in [0, 0.1) is 12.7 Å². The van der Waals surface area contributed by atoms with Crippen molar-refractivity contribution in [3.63, 3.8) is 0 Å². The van der Waals surface area contributed by atoms with E-state index in [9.17, 15) is 9.18 Å². The Bertz CT molecular complexity index is 655. The van der Waals surface area contributed by atoms with Crippen molar-refractivity contribution in [1.29, 1.82) is 0 Å². The minimum atomic E-state index is -0.488. The van der Waals surface area contributed by atoms with E-state index in [2.05, 4.69) is 0 Å². The number of methoxy groups -OCH3 is 1. The van der Waals surface area contributed by atoms with Crippen LogP contribution in [0.5, 0.6) is 5.75 Å². The molecule has 0 saturated heterocycles. The monoisotopic (exact) mass is 287 g/mol. The van der Waals surface area contributed by atoms with Crippen LogP contribution in [0.15, 0.2) is 42.5 Å². The Kier molecular flexibility index (Phi) is 4.58. The van der Waals surface area contributed by atoms with Gasteiger partial charge < -0.3 is 9.64 Å². The fourth-order valence-electron chi connectivity index (χ4n) is 2.12. The molecule has 0 N–H and O–H groups in total. The van der Waals surface area contributed by atoms with Crippen molar-refractivity contribution in [2.75, 3.05) is 14.2 Å². The second-order valence-corrected chi connectivity index (χ2v) is 5.00. The molecule has 2 aromatic carbocycles. The summed E-state index contributed by atoms with van der Waals surface area (Å²) < 4.78 is 19.0. The van der Waals surface area contributed by atoms with Gasteiger partial charge in [-0.05, 0) is 42.3 Å². The molecule has 0 spiro atoms. The van der Waals surface area contributed by atoms with Gasteiger partial charge in [0.2, 0.25) is 0 Å². The number of carbonyl (C=O) groups excluding carboxylic acids is 1. The molecule has 3 nitrogen and oxygen atoms in total. The molecule has 2 rings (SSSR count). The second-order valence-electron chi connectivity index (χ2n) is 5.00. The molecule has 0 heterocycles. The van der Waals surface area contributed by atoms with Gasteiger partial charge in [-0.25, -0.2) is 4.39 Å². The van der Waals surface area contributed by atoms with Crippen LogP contribution in [0.4, 0.5) is 4.39 Å². The average Bonchev–Trinajstić information content (AvgIpc) is 2.46. The van der Waals surface area contributed by atoms with Crippen LogP contribution >= 0.6 is 0 Å². The van der Waals surface area contributed by atoms with Gasteiger partial charge in [0.1, 0.15) is 11.6 Å². The summed E-state index contributed by atoms with van der Waals surface area (Å²) in [6.07, 6.45) is 0. The third kappa shape index (κ3) is 3.60. The summed E-state index contributed by atoms with van der Waals surface area (Å²) in [5.74, 6) is -0.0947. The Morgan fingerprint density at radius 1 is 1.24 bits per heavy atom. The molecule has 0 unspecified atom stereocenters. The standard InChI is InChI=1S/C17H18FNO2/c1-12-7-8-15(16(18)9-12)17(20)19(2)11-13-5-4-6-14(10-13)21-3/h4-10H,11H2,1-3H3. The van der Waals surface area contributed by atoms with Crippen molar-refractivity contribution in [3.05, 3.63) is 65.0 Å². The SMILES string of the molecule is COc1cccc(CN(C)C(=O)c2ccc(C)cc2F)c1. The zero-order valence-electron chi connectivity index (χ0n) is 12.4. The topological polar surface area (TPSA) is 29.5 Å². The van der Waals surface area contributed by atoms with Crippen molar-refractivity contribution < 1.29 is 13.9 Å². The summed E-state index contributed by atoms with van der Waals surface area (Å²) in [7, 11) is 3.25. The van der Waals surface area contributed by atoms with Crippen molar-refractivity contribution in [1.82, 2.24) is 4.90 Å². The van der Waals surface area contributed by atoms with E-state index in [1.807, 2.05) is 24.3 Å². The molecule has 0 saturated carbocycles. The number of benzene rings is 2. The van der Waals surface area contributed by atoms with Gasteiger partial charge in [0, 0.05) is 13.6 Å². The van der Waals surface area contributed by atoms with Crippen LogP contribution in [0.1, 0.15) is 21.5 Å². The van der Waals surface area contributed by atoms with Crippen LogP contribution in [-0.4, -0.2) is 25.0 Å². The normalized spacial score (nSPS) is 10.3. The smallest absolute Gasteiger partial charge is 0.256 e. The molecule has 0 aliphatic heterocycles. The van der Waals surface area contributed by atoms with Crippen molar-refractivity contribution in [2.45, 2.75) is 13.5 Å². The summed E-state index contributed by atoms with van der Waals surface area (Å²) in [5.41, 5.74) is 1.81. The van der Waals surface area contributed by atoms with Crippen LogP contribution in [0.3, 0.4) is 0 Å². The number of aryl methyl sites for hydroxylation is 1. The van der Waals surface area contributed by atoms with E-state index in [1.54, 1.807) is 27.1 Å². The third-order valence-corrected chi connectivity index (χ3v) is 3.26. The molecule has 0 aliphatic rings. The van der Waals surface area contributed by atoms with E-state index in [1.165, 1.54) is 17.0 Å². The molecule has 0 fully saturated rings. The van der Waals surface area contributed by atoms with Crippen molar-refractivity contribution in [2.24, 2.45) is 0 Å². The Labute approximate surface area is 124 Å². The van der Waals surface area contributed by atoms with Gasteiger partial charge in [0.25, 0.3) is 5.91 Å². The number of ether oxygens (including phenoxy) is 1. The molecule has 0 atom stereocenters. The summed E-state index contributed by atoms with van der Waals surface area (Å²) >= 11 is 0. The quantitative estimate of drug-likeness (QED) is 0.862. The van der Waals surface area contributed by atoms with E-state index >= 15 is 0 Å². The Morgan fingerprint density at radius 3 is 2.67 bits per heavy atom. The number of nitrogens with zero attached hydrogens (tertiary/aromatic N) is 1. The first-order chi connectivity index (χ1) is 10.0. The number of halogens is 1. The molecular formula is C17H18FNO2. The van der Waals surface area contributed by atoms with Crippen LogP contribution < -0.4 is 4.74 Å². The van der Waals surface area contributed by atoms with E-state index in [0.29, 0.717) is 6.54 Å². The lowest BCUT2D eigenvalue weighted by molar-refractivity contribution is 0.0780. The van der Waals surface area contributed by atoms with Crippen molar-refractivity contribution in [3.8, 4) is 5.75 Å². The van der Waals surface area contributed by atoms with Gasteiger partial charge in [-0.3, -0.25) is 4.79 Å². The van der Waals surface area contributed by atoms with Gasteiger partial charge >= 0.3 is 0 Å². The first kappa shape index (κ1) is 15.0. The van der Waals surface area contributed by atoms with Gasteiger partial charge in [-0.15, -0.1) is 0 Å². The van der Waals surface area contributed by atoms with E-state index in [0.717, 1.165) is 16.9 Å². The lowest BCUT2D eigenvalue weighted by atomic mass is 10.1. The predicted octanol–water partition coefficient (Wildman–Crippen LogP) is 3.41. The number of hydrogen-bond acceptors (Lipinski definition) is 2. The molecule has 0 bridgehead atoms. The fourth-order valence-corrected chi connectivity index (χ4v) is 2.12. The summed E-state index contributed by atoms with van der Waals surface area (Å²) in [5, 5.41) is 0. The van der Waals surface area contributed by atoms with Gasteiger partial charge in [-0.2, -0.15) is 0 Å². The highest BCUT2D eigenvalue weighted by atomic mass is 19.1. The first-order valence-electron chi connectivity index (χ1n) is 6.66. The lowest BCUT2D eigenvalue weighted by Crippen LogP contribution is -2.27. The maximum Gasteiger partial charge on any atom is 0.256 e.